The number of anilines is 2. The fraction of sp³-hybridized carbons (Fsp3) is 0.278. The van der Waals surface area contributed by atoms with Gasteiger partial charge >= 0.3 is 0 Å². The first kappa shape index (κ1) is 17.3. The molecule has 2 aliphatic heterocycles. The van der Waals surface area contributed by atoms with Crippen LogP contribution in [0, 0.1) is 0 Å². The van der Waals surface area contributed by atoms with Gasteiger partial charge < -0.3 is 10.2 Å². The Balaban J connectivity index is 1.43. The van der Waals surface area contributed by atoms with Crippen LogP contribution in [-0.2, 0) is 10.0 Å². The minimum absolute atomic E-state index is 0.229. The number of hydrogen-bond donors (Lipinski definition) is 1. The zero-order chi connectivity index (χ0) is 18.1. The maximum atomic E-state index is 12.3. The second-order valence-corrected chi connectivity index (χ2v) is 8.33. The smallest absolute Gasteiger partial charge is 0.286 e. The Labute approximate surface area is 158 Å². The maximum Gasteiger partial charge on any atom is 0.286 e. The van der Waals surface area contributed by atoms with Gasteiger partial charge in [0, 0.05) is 26.2 Å². The molecule has 6 nitrogen and oxygen atoms in total. The van der Waals surface area contributed by atoms with Crippen LogP contribution in [0.15, 0.2) is 57.8 Å². The predicted molar refractivity (Wildman–Crippen MR) is 105 cm³/mol. The molecular weight excluding hydrogens is 372 g/mol. The lowest BCUT2D eigenvalue weighted by Gasteiger charge is -2.36. The normalized spacial score (nSPS) is 19.4. The number of nitrogens with zero attached hydrogens (tertiary/aromatic N) is 3. The first-order valence-electron chi connectivity index (χ1n) is 8.45. The maximum absolute atomic E-state index is 12.3. The summed E-state index contributed by atoms with van der Waals surface area (Å²) in [6.07, 6.45) is 0. The van der Waals surface area contributed by atoms with E-state index in [0.29, 0.717) is 18.1 Å². The van der Waals surface area contributed by atoms with Crippen molar-refractivity contribution >= 4 is 38.8 Å². The molecule has 0 radical (unpaired) electrons. The predicted octanol–water partition coefficient (Wildman–Crippen LogP) is 2.67. The van der Waals surface area contributed by atoms with Gasteiger partial charge in [-0.05, 0) is 24.3 Å². The van der Waals surface area contributed by atoms with E-state index < -0.39 is 10.0 Å². The second kappa shape index (κ2) is 6.90. The molecular formula is C18H19ClN4O2S. The Morgan fingerprint density at radius 3 is 2.46 bits per heavy atom. The summed E-state index contributed by atoms with van der Waals surface area (Å²) in [5.41, 5.74) is 1.63. The standard InChI is InChI=1S/C18H19ClN4O2S/c19-14-5-1-3-7-16(14)23-11-9-22(10-12-23)13-18-20-15-6-2-4-8-17(15)26(24,25)21-18/h1-8H,9-13H2,(H,20,21). The molecule has 136 valence electrons. The Bertz CT molecular complexity index is 953. The number of sulfonamides is 1. The molecule has 4 rings (SSSR count). The van der Waals surface area contributed by atoms with E-state index in [0.717, 1.165) is 36.9 Å². The van der Waals surface area contributed by atoms with Crippen molar-refractivity contribution in [3.8, 4) is 0 Å². The van der Waals surface area contributed by atoms with Crippen LogP contribution in [0.5, 0.6) is 0 Å². The van der Waals surface area contributed by atoms with Gasteiger partial charge in [0.05, 0.1) is 22.9 Å². The fourth-order valence-electron chi connectivity index (χ4n) is 3.30. The molecule has 0 spiro atoms. The van der Waals surface area contributed by atoms with Crippen LogP contribution in [0.1, 0.15) is 0 Å². The highest BCUT2D eigenvalue weighted by Gasteiger charge is 2.26. The zero-order valence-corrected chi connectivity index (χ0v) is 15.7. The van der Waals surface area contributed by atoms with Crippen molar-refractivity contribution in [3.05, 3.63) is 53.6 Å². The highest BCUT2D eigenvalue weighted by molar-refractivity contribution is 7.90. The molecule has 8 heteroatoms. The van der Waals surface area contributed by atoms with E-state index in [9.17, 15) is 8.42 Å². The fourth-order valence-corrected chi connectivity index (χ4v) is 4.70. The van der Waals surface area contributed by atoms with Crippen LogP contribution in [0.3, 0.4) is 0 Å². The Hall–Kier alpha value is -2.09. The molecule has 0 unspecified atom stereocenters. The third-order valence-electron chi connectivity index (χ3n) is 4.61. The summed E-state index contributed by atoms with van der Waals surface area (Å²) < 4.78 is 28.6. The molecule has 0 atom stereocenters. The summed E-state index contributed by atoms with van der Waals surface area (Å²) in [5, 5.41) is 3.90. The Morgan fingerprint density at radius 1 is 1.00 bits per heavy atom. The van der Waals surface area contributed by atoms with Gasteiger partial charge in [-0.25, -0.2) is 0 Å². The SMILES string of the molecule is O=S1(=O)N=C(CN2CCN(c3ccccc3Cl)CC2)Nc2ccccc21. The highest BCUT2D eigenvalue weighted by atomic mass is 35.5. The molecule has 2 heterocycles. The van der Waals surface area contributed by atoms with E-state index in [1.165, 1.54) is 0 Å². The summed E-state index contributed by atoms with van der Waals surface area (Å²) in [7, 11) is -3.63. The van der Waals surface area contributed by atoms with Crippen LogP contribution in [0.25, 0.3) is 0 Å². The number of halogens is 1. The van der Waals surface area contributed by atoms with E-state index in [2.05, 4.69) is 19.5 Å². The van der Waals surface area contributed by atoms with Crippen molar-refractivity contribution in [3.63, 3.8) is 0 Å². The largest absolute Gasteiger partial charge is 0.368 e. The Kier molecular flexibility index (Phi) is 4.60. The molecule has 0 aromatic heterocycles. The number of fused-ring (bicyclic) bond motifs is 1. The third-order valence-corrected chi connectivity index (χ3v) is 6.31. The van der Waals surface area contributed by atoms with Crippen molar-refractivity contribution in [1.82, 2.24) is 4.90 Å². The molecule has 1 fully saturated rings. The van der Waals surface area contributed by atoms with Crippen LogP contribution >= 0.6 is 11.6 Å². The van der Waals surface area contributed by atoms with E-state index >= 15 is 0 Å². The summed E-state index contributed by atoms with van der Waals surface area (Å²) in [5.74, 6) is 0.467. The van der Waals surface area contributed by atoms with Crippen molar-refractivity contribution in [1.29, 1.82) is 0 Å². The van der Waals surface area contributed by atoms with Gasteiger partial charge in [0.25, 0.3) is 10.0 Å². The topological polar surface area (TPSA) is 65.0 Å². The number of hydrogen-bond acceptors (Lipinski definition) is 5. The van der Waals surface area contributed by atoms with Crippen molar-refractivity contribution < 1.29 is 8.42 Å². The van der Waals surface area contributed by atoms with Gasteiger partial charge in [-0.3, -0.25) is 4.90 Å². The molecule has 2 aliphatic rings. The minimum Gasteiger partial charge on any atom is -0.368 e. The van der Waals surface area contributed by atoms with Crippen molar-refractivity contribution in [2.45, 2.75) is 4.90 Å². The molecule has 0 amide bonds. The summed E-state index contributed by atoms with van der Waals surface area (Å²) >= 11 is 6.28. The number of amidine groups is 1. The van der Waals surface area contributed by atoms with Crippen LogP contribution < -0.4 is 10.2 Å². The number of nitrogens with one attached hydrogen (secondary N) is 1. The summed E-state index contributed by atoms with van der Waals surface area (Å²) in [6, 6.07) is 14.7. The summed E-state index contributed by atoms with van der Waals surface area (Å²) in [6.45, 7) is 3.77. The van der Waals surface area contributed by atoms with E-state index in [4.69, 9.17) is 11.6 Å². The van der Waals surface area contributed by atoms with Gasteiger partial charge in [-0.15, -0.1) is 4.40 Å². The number of benzene rings is 2. The zero-order valence-electron chi connectivity index (χ0n) is 14.1. The molecule has 0 saturated carbocycles. The molecule has 2 aromatic carbocycles. The van der Waals surface area contributed by atoms with Crippen LogP contribution in [0.4, 0.5) is 11.4 Å². The monoisotopic (exact) mass is 390 g/mol. The number of para-hydroxylation sites is 2. The van der Waals surface area contributed by atoms with Crippen LogP contribution in [-0.4, -0.2) is 51.9 Å². The quantitative estimate of drug-likeness (QED) is 0.872. The van der Waals surface area contributed by atoms with E-state index in [-0.39, 0.29) is 4.90 Å². The molecule has 2 aromatic rings. The van der Waals surface area contributed by atoms with Gasteiger partial charge in [-0.1, -0.05) is 35.9 Å². The average Bonchev–Trinajstić information content (AvgIpc) is 2.62. The van der Waals surface area contributed by atoms with E-state index in [1.807, 2.05) is 30.3 Å². The van der Waals surface area contributed by atoms with Crippen molar-refractivity contribution in [2.75, 3.05) is 42.9 Å². The molecule has 1 saturated heterocycles. The second-order valence-electron chi connectivity index (χ2n) is 6.35. The lowest BCUT2D eigenvalue weighted by Crippen LogP contribution is -2.49. The molecule has 0 bridgehead atoms. The molecule has 26 heavy (non-hydrogen) atoms. The number of rotatable bonds is 3. The minimum atomic E-state index is -3.63. The lowest BCUT2D eigenvalue weighted by molar-refractivity contribution is 0.292. The van der Waals surface area contributed by atoms with Crippen LogP contribution in [0.2, 0.25) is 5.02 Å². The van der Waals surface area contributed by atoms with Gasteiger partial charge in [0.15, 0.2) is 0 Å². The molecule has 0 aliphatic carbocycles. The first-order chi connectivity index (χ1) is 12.5. The average molecular weight is 391 g/mol. The van der Waals surface area contributed by atoms with Gasteiger partial charge in [0.1, 0.15) is 10.7 Å². The number of piperazine rings is 1. The van der Waals surface area contributed by atoms with Gasteiger partial charge in [0.2, 0.25) is 0 Å². The Morgan fingerprint density at radius 2 is 1.69 bits per heavy atom. The molecule has 1 N–H and O–H groups in total. The van der Waals surface area contributed by atoms with Gasteiger partial charge in [-0.2, -0.15) is 8.42 Å². The highest BCUT2D eigenvalue weighted by Crippen LogP contribution is 2.28. The first-order valence-corrected chi connectivity index (χ1v) is 10.3. The van der Waals surface area contributed by atoms with E-state index in [1.54, 1.807) is 18.2 Å². The summed E-state index contributed by atoms with van der Waals surface area (Å²) in [4.78, 5) is 4.68. The van der Waals surface area contributed by atoms with Crippen molar-refractivity contribution in [2.24, 2.45) is 4.40 Å². The lowest BCUT2D eigenvalue weighted by atomic mass is 10.2. The third kappa shape index (κ3) is 3.42.